The second kappa shape index (κ2) is 8.62. The lowest BCUT2D eigenvalue weighted by Gasteiger charge is -2.15. The van der Waals surface area contributed by atoms with Crippen LogP contribution in [0.15, 0.2) is 42.9 Å². The van der Waals surface area contributed by atoms with Crippen LogP contribution in [0.5, 0.6) is 5.75 Å². The fourth-order valence-electron chi connectivity index (χ4n) is 2.51. The molecule has 3 aromatic rings. The number of rotatable bonds is 6. The van der Waals surface area contributed by atoms with Crippen LogP contribution in [0.2, 0.25) is 5.02 Å². The molecule has 11 heteroatoms. The Bertz CT molecular complexity index is 1060. The van der Waals surface area contributed by atoms with E-state index in [1.807, 2.05) is 6.07 Å². The summed E-state index contributed by atoms with van der Waals surface area (Å²) in [5.41, 5.74) is 0.433. The van der Waals surface area contributed by atoms with Gasteiger partial charge in [-0.15, -0.1) is 0 Å². The number of halogens is 3. The van der Waals surface area contributed by atoms with E-state index >= 15 is 0 Å². The molecule has 0 fully saturated rings. The summed E-state index contributed by atoms with van der Waals surface area (Å²) in [5.74, 6) is -0.00804. The fourth-order valence-corrected chi connectivity index (χ4v) is 2.73. The summed E-state index contributed by atoms with van der Waals surface area (Å²) >= 11 is 5.88. The van der Waals surface area contributed by atoms with Gasteiger partial charge < -0.3 is 10.1 Å². The van der Waals surface area contributed by atoms with Gasteiger partial charge in [-0.05, 0) is 37.3 Å². The van der Waals surface area contributed by atoms with Crippen molar-refractivity contribution in [3.05, 3.63) is 64.8 Å². The predicted molar refractivity (Wildman–Crippen MR) is 97.8 cm³/mol. The van der Waals surface area contributed by atoms with Gasteiger partial charge in [0.2, 0.25) is 0 Å². The smallest absolute Gasteiger partial charge is 0.387 e. The van der Waals surface area contributed by atoms with E-state index in [0.717, 1.165) is 6.07 Å². The Labute approximate surface area is 168 Å². The number of nitrogens with zero attached hydrogens (tertiary/aromatic N) is 5. The van der Waals surface area contributed by atoms with Gasteiger partial charge in [0, 0.05) is 16.8 Å². The van der Waals surface area contributed by atoms with Gasteiger partial charge in [0.15, 0.2) is 11.6 Å². The lowest BCUT2D eigenvalue weighted by molar-refractivity contribution is -0.0498. The van der Waals surface area contributed by atoms with Crippen LogP contribution in [-0.2, 0) is 0 Å². The Morgan fingerprint density at radius 2 is 2.10 bits per heavy atom. The number of alkyl halides is 2. The van der Waals surface area contributed by atoms with Crippen molar-refractivity contribution in [3.63, 3.8) is 0 Å². The van der Waals surface area contributed by atoms with Crippen LogP contribution in [0.25, 0.3) is 5.82 Å². The maximum atomic E-state index is 12.5. The molecule has 3 rings (SSSR count). The summed E-state index contributed by atoms with van der Waals surface area (Å²) in [6.07, 6.45) is 2.69. The molecule has 0 aliphatic carbocycles. The molecule has 8 nitrogen and oxygen atoms in total. The summed E-state index contributed by atoms with van der Waals surface area (Å²) in [7, 11) is 0. The fraction of sp³-hybridized carbons (Fsp3) is 0.167. The largest absolute Gasteiger partial charge is 0.435 e. The highest BCUT2D eigenvalue weighted by molar-refractivity contribution is 6.31. The third-order valence-electron chi connectivity index (χ3n) is 3.76. The Morgan fingerprint density at radius 3 is 2.76 bits per heavy atom. The molecule has 0 saturated carbocycles. The Balaban J connectivity index is 1.80. The summed E-state index contributed by atoms with van der Waals surface area (Å²) in [6, 6.07) is 8.20. The molecule has 0 saturated heterocycles. The first-order valence-corrected chi connectivity index (χ1v) is 8.58. The van der Waals surface area contributed by atoms with Crippen molar-refractivity contribution in [3.8, 4) is 17.6 Å². The average molecular weight is 419 g/mol. The van der Waals surface area contributed by atoms with Crippen LogP contribution < -0.4 is 10.1 Å². The number of pyridine rings is 1. The van der Waals surface area contributed by atoms with Crippen molar-refractivity contribution in [2.75, 3.05) is 0 Å². The molecule has 29 heavy (non-hydrogen) atoms. The molecule has 0 aliphatic heterocycles. The minimum atomic E-state index is -3.04. The zero-order valence-corrected chi connectivity index (χ0v) is 15.6. The summed E-state index contributed by atoms with van der Waals surface area (Å²) < 4.78 is 30.6. The molecule has 0 bridgehead atoms. The van der Waals surface area contributed by atoms with E-state index in [0.29, 0.717) is 17.2 Å². The highest BCUT2D eigenvalue weighted by Crippen LogP contribution is 2.23. The normalized spacial score (nSPS) is 11.7. The topological polar surface area (TPSA) is 106 Å². The van der Waals surface area contributed by atoms with Gasteiger partial charge in [0.1, 0.15) is 18.1 Å². The van der Waals surface area contributed by atoms with E-state index in [1.54, 1.807) is 19.1 Å². The second-order valence-electron chi connectivity index (χ2n) is 5.80. The molecule has 2 heterocycles. The number of benzene rings is 1. The van der Waals surface area contributed by atoms with Gasteiger partial charge in [-0.1, -0.05) is 11.6 Å². The molecule has 1 aromatic carbocycles. The quantitative estimate of drug-likeness (QED) is 0.658. The molecule has 0 spiro atoms. The van der Waals surface area contributed by atoms with Crippen molar-refractivity contribution in [2.24, 2.45) is 0 Å². The van der Waals surface area contributed by atoms with Crippen LogP contribution in [0, 0.1) is 11.3 Å². The van der Waals surface area contributed by atoms with E-state index < -0.39 is 18.6 Å². The van der Waals surface area contributed by atoms with E-state index in [1.165, 1.54) is 29.3 Å². The van der Waals surface area contributed by atoms with Gasteiger partial charge in [-0.2, -0.15) is 23.8 Å². The first-order chi connectivity index (χ1) is 13.9. The molecular weight excluding hydrogens is 406 g/mol. The number of carbonyl (C=O) groups is 1. The third-order valence-corrected chi connectivity index (χ3v) is 3.98. The predicted octanol–water partition coefficient (Wildman–Crippen LogP) is 3.28. The highest BCUT2D eigenvalue weighted by atomic mass is 35.5. The summed E-state index contributed by atoms with van der Waals surface area (Å²) in [6.45, 7) is -1.37. The molecule has 1 atom stereocenters. The van der Waals surface area contributed by atoms with Gasteiger partial charge in [0.25, 0.3) is 5.91 Å². The number of nitrogens with one attached hydrogen (secondary N) is 1. The molecule has 1 unspecified atom stereocenters. The average Bonchev–Trinajstić information content (AvgIpc) is 3.17. The van der Waals surface area contributed by atoms with E-state index in [9.17, 15) is 13.6 Å². The Morgan fingerprint density at radius 1 is 1.31 bits per heavy atom. The minimum absolute atomic E-state index is 0.0440. The maximum absolute atomic E-state index is 12.5. The number of carbonyl (C=O) groups excluding carboxylic acids is 1. The van der Waals surface area contributed by atoms with Crippen LogP contribution in [0.1, 0.15) is 34.7 Å². The van der Waals surface area contributed by atoms with Crippen molar-refractivity contribution in [2.45, 2.75) is 19.6 Å². The lowest BCUT2D eigenvalue weighted by Crippen LogP contribution is -2.29. The SMILES string of the molecule is CC(NC(=O)c1cc(Cl)cc(OC(F)F)c1)c1ncnn1-c1ccc(C#N)cn1. The number of nitriles is 1. The number of amides is 1. The Hall–Kier alpha value is -3.58. The van der Waals surface area contributed by atoms with Crippen LogP contribution in [0.3, 0.4) is 0 Å². The summed E-state index contributed by atoms with van der Waals surface area (Å²) in [4.78, 5) is 20.8. The lowest BCUT2D eigenvalue weighted by atomic mass is 10.2. The van der Waals surface area contributed by atoms with Crippen LogP contribution >= 0.6 is 11.6 Å². The zero-order chi connectivity index (χ0) is 21.0. The van der Waals surface area contributed by atoms with E-state index in [4.69, 9.17) is 16.9 Å². The number of hydrogen-bond acceptors (Lipinski definition) is 6. The Kier molecular flexibility index (Phi) is 5.99. The van der Waals surface area contributed by atoms with E-state index in [-0.39, 0.29) is 16.3 Å². The van der Waals surface area contributed by atoms with Crippen molar-refractivity contribution in [1.29, 1.82) is 5.26 Å². The second-order valence-corrected chi connectivity index (χ2v) is 6.23. The number of aromatic nitrogens is 4. The van der Waals surface area contributed by atoms with Crippen LogP contribution in [0.4, 0.5) is 8.78 Å². The number of ether oxygens (including phenoxy) is 1. The highest BCUT2D eigenvalue weighted by Gasteiger charge is 2.19. The van der Waals surface area contributed by atoms with Crippen LogP contribution in [-0.4, -0.2) is 32.3 Å². The maximum Gasteiger partial charge on any atom is 0.387 e. The zero-order valence-electron chi connectivity index (χ0n) is 14.9. The third kappa shape index (κ3) is 4.83. The monoisotopic (exact) mass is 418 g/mol. The van der Waals surface area contributed by atoms with Crippen molar-refractivity contribution < 1.29 is 18.3 Å². The molecule has 0 radical (unpaired) electrons. The first kappa shape index (κ1) is 20.2. The van der Waals surface area contributed by atoms with Crippen molar-refractivity contribution in [1.82, 2.24) is 25.1 Å². The molecule has 1 amide bonds. The van der Waals surface area contributed by atoms with Gasteiger partial charge in [0.05, 0.1) is 11.6 Å². The number of hydrogen-bond donors (Lipinski definition) is 1. The summed E-state index contributed by atoms with van der Waals surface area (Å²) in [5, 5.41) is 15.7. The van der Waals surface area contributed by atoms with Gasteiger partial charge in [-0.25, -0.2) is 9.97 Å². The minimum Gasteiger partial charge on any atom is -0.435 e. The molecule has 2 aromatic heterocycles. The van der Waals surface area contributed by atoms with Gasteiger partial charge >= 0.3 is 6.61 Å². The standard InChI is InChI=1S/C18H13ClF2N6O2/c1-10(16-24-9-25-27(16)15-3-2-11(7-22)8-23-15)26-17(28)12-4-13(19)6-14(5-12)29-18(20)21/h2-6,8-10,18H,1H3,(H,26,28). The molecular formula is C18H13ClF2N6O2. The van der Waals surface area contributed by atoms with Gasteiger partial charge in [-0.3, -0.25) is 4.79 Å². The van der Waals surface area contributed by atoms with Crippen molar-refractivity contribution >= 4 is 17.5 Å². The molecule has 0 aliphatic rings. The first-order valence-electron chi connectivity index (χ1n) is 8.20. The molecule has 148 valence electrons. The molecule has 1 N–H and O–H groups in total. The van der Waals surface area contributed by atoms with E-state index in [2.05, 4.69) is 25.1 Å².